The molecule has 2 fully saturated rings. The Labute approximate surface area is 155 Å². The summed E-state index contributed by atoms with van der Waals surface area (Å²) in [7, 11) is 0. The fourth-order valence-electron chi connectivity index (χ4n) is 3.44. The van der Waals surface area contributed by atoms with Gasteiger partial charge in [0, 0.05) is 44.0 Å². The van der Waals surface area contributed by atoms with E-state index in [1.807, 2.05) is 32.6 Å². The van der Waals surface area contributed by atoms with Crippen LogP contribution in [0, 0.1) is 11.3 Å². The van der Waals surface area contributed by atoms with E-state index in [9.17, 15) is 14.4 Å². The van der Waals surface area contributed by atoms with Gasteiger partial charge in [-0.15, -0.1) is 11.6 Å². The first-order valence-electron chi connectivity index (χ1n) is 9.11. The van der Waals surface area contributed by atoms with Gasteiger partial charge in [0.15, 0.2) is 0 Å². The first kappa shape index (κ1) is 20.0. The zero-order valence-electron chi connectivity index (χ0n) is 15.7. The van der Waals surface area contributed by atoms with E-state index < -0.39 is 5.41 Å². The highest BCUT2D eigenvalue weighted by Gasteiger charge is 2.37. The molecule has 2 rings (SSSR count). The largest absolute Gasteiger partial charge is 0.353 e. The van der Waals surface area contributed by atoms with Crippen molar-refractivity contribution in [3.63, 3.8) is 0 Å². The summed E-state index contributed by atoms with van der Waals surface area (Å²) in [5.41, 5.74) is -0.553. The minimum Gasteiger partial charge on any atom is -0.353 e. The second-order valence-electron chi connectivity index (χ2n) is 8.13. The number of halogens is 1. The van der Waals surface area contributed by atoms with Gasteiger partial charge in [0.05, 0.1) is 11.3 Å². The zero-order valence-corrected chi connectivity index (χ0v) is 16.4. The summed E-state index contributed by atoms with van der Waals surface area (Å²) in [6.45, 7) is 9.41. The van der Waals surface area contributed by atoms with E-state index in [1.54, 1.807) is 4.90 Å². The molecular weight excluding hydrogens is 342 g/mol. The molecule has 0 spiro atoms. The van der Waals surface area contributed by atoms with Gasteiger partial charge in [0.2, 0.25) is 17.7 Å². The van der Waals surface area contributed by atoms with E-state index in [1.165, 1.54) is 0 Å². The van der Waals surface area contributed by atoms with Crippen LogP contribution >= 0.6 is 11.6 Å². The Morgan fingerprint density at radius 2 is 1.88 bits per heavy atom. The average Bonchev–Trinajstić information content (AvgIpc) is 2.97. The van der Waals surface area contributed by atoms with Crippen molar-refractivity contribution in [2.24, 2.45) is 11.3 Å². The number of hydrogen-bond donors (Lipinski definition) is 1. The van der Waals surface area contributed by atoms with Crippen molar-refractivity contribution in [1.29, 1.82) is 0 Å². The molecule has 2 aliphatic heterocycles. The fourth-order valence-corrected chi connectivity index (χ4v) is 3.55. The highest BCUT2D eigenvalue weighted by molar-refractivity contribution is 6.19. The first-order valence-corrected chi connectivity index (χ1v) is 9.64. The summed E-state index contributed by atoms with van der Waals surface area (Å²) in [5, 5.41) is 3.07. The van der Waals surface area contributed by atoms with E-state index in [2.05, 4.69) is 5.32 Å². The number of alkyl halides is 1. The van der Waals surface area contributed by atoms with Gasteiger partial charge in [-0.05, 0) is 40.5 Å². The molecule has 0 aliphatic carbocycles. The standard InChI is InChI=1S/C18H30ClN3O3/c1-12(2)22-10-13(9-15(22)23)16(24)20-14-5-7-21(8-6-14)17(25)18(3,4)11-19/h12-14H,5-11H2,1-4H3,(H,20,24). The second kappa shape index (κ2) is 7.94. The molecule has 0 radical (unpaired) electrons. The molecule has 1 atom stereocenters. The third kappa shape index (κ3) is 4.66. The van der Waals surface area contributed by atoms with Crippen LogP contribution in [0.2, 0.25) is 0 Å². The summed E-state index contributed by atoms with van der Waals surface area (Å²) < 4.78 is 0. The Kier molecular flexibility index (Phi) is 6.35. The smallest absolute Gasteiger partial charge is 0.229 e. The average molecular weight is 372 g/mol. The molecule has 142 valence electrons. The van der Waals surface area contributed by atoms with Crippen LogP contribution in [0.5, 0.6) is 0 Å². The molecule has 0 aromatic heterocycles. The Bertz CT molecular complexity index is 528. The Morgan fingerprint density at radius 3 is 2.36 bits per heavy atom. The zero-order chi connectivity index (χ0) is 18.8. The van der Waals surface area contributed by atoms with Gasteiger partial charge in [-0.2, -0.15) is 0 Å². The minimum absolute atomic E-state index is 0.0395. The molecule has 7 heteroatoms. The summed E-state index contributed by atoms with van der Waals surface area (Å²) in [4.78, 5) is 40.5. The number of hydrogen-bond acceptors (Lipinski definition) is 3. The number of nitrogens with zero attached hydrogens (tertiary/aromatic N) is 2. The number of rotatable bonds is 5. The number of piperidine rings is 1. The van der Waals surface area contributed by atoms with Crippen molar-refractivity contribution in [2.75, 3.05) is 25.5 Å². The molecule has 2 heterocycles. The number of amides is 3. The third-order valence-corrected chi connectivity index (χ3v) is 5.86. The summed E-state index contributed by atoms with van der Waals surface area (Å²) in [6.07, 6.45) is 1.78. The minimum atomic E-state index is -0.553. The number of nitrogens with one attached hydrogen (secondary N) is 1. The molecule has 1 unspecified atom stereocenters. The van der Waals surface area contributed by atoms with E-state index in [0.29, 0.717) is 31.9 Å². The van der Waals surface area contributed by atoms with Crippen LogP contribution in [0.1, 0.15) is 47.0 Å². The number of likely N-dealkylation sites (tertiary alicyclic amines) is 2. The summed E-state index contributed by atoms with van der Waals surface area (Å²) in [5.74, 6) is 0.122. The Hall–Kier alpha value is -1.30. The van der Waals surface area contributed by atoms with Crippen molar-refractivity contribution in [2.45, 2.75) is 59.0 Å². The molecule has 2 saturated heterocycles. The molecule has 1 N–H and O–H groups in total. The van der Waals surface area contributed by atoms with Crippen molar-refractivity contribution >= 4 is 29.3 Å². The van der Waals surface area contributed by atoms with E-state index in [0.717, 1.165) is 12.8 Å². The normalized spacial score (nSPS) is 22.6. The van der Waals surface area contributed by atoms with E-state index in [4.69, 9.17) is 11.6 Å². The fraction of sp³-hybridized carbons (Fsp3) is 0.833. The molecule has 3 amide bonds. The lowest BCUT2D eigenvalue weighted by atomic mass is 9.92. The van der Waals surface area contributed by atoms with Crippen LogP contribution in [-0.2, 0) is 14.4 Å². The topological polar surface area (TPSA) is 69.7 Å². The highest BCUT2D eigenvalue weighted by Crippen LogP contribution is 2.24. The maximum absolute atomic E-state index is 12.5. The van der Waals surface area contributed by atoms with Crippen LogP contribution < -0.4 is 5.32 Å². The van der Waals surface area contributed by atoms with Gasteiger partial charge < -0.3 is 15.1 Å². The van der Waals surface area contributed by atoms with Gasteiger partial charge in [0.25, 0.3) is 0 Å². The van der Waals surface area contributed by atoms with E-state index in [-0.39, 0.29) is 35.7 Å². The van der Waals surface area contributed by atoms with Gasteiger partial charge in [-0.3, -0.25) is 14.4 Å². The van der Waals surface area contributed by atoms with Crippen molar-refractivity contribution in [3.8, 4) is 0 Å². The summed E-state index contributed by atoms with van der Waals surface area (Å²) in [6, 6.07) is 0.198. The van der Waals surface area contributed by atoms with Crippen molar-refractivity contribution in [3.05, 3.63) is 0 Å². The van der Waals surface area contributed by atoms with Crippen LogP contribution in [0.4, 0.5) is 0 Å². The predicted octanol–water partition coefficient (Wildman–Crippen LogP) is 1.62. The molecule has 25 heavy (non-hydrogen) atoms. The quantitative estimate of drug-likeness (QED) is 0.746. The predicted molar refractivity (Wildman–Crippen MR) is 97.2 cm³/mol. The summed E-state index contributed by atoms with van der Waals surface area (Å²) >= 11 is 5.89. The Morgan fingerprint density at radius 1 is 1.28 bits per heavy atom. The molecule has 0 saturated carbocycles. The maximum Gasteiger partial charge on any atom is 0.229 e. The lowest BCUT2D eigenvalue weighted by Gasteiger charge is -2.36. The second-order valence-corrected chi connectivity index (χ2v) is 8.40. The molecule has 0 aromatic carbocycles. The van der Waals surface area contributed by atoms with Gasteiger partial charge in [0.1, 0.15) is 0 Å². The molecular formula is C18H30ClN3O3. The maximum atomic E-state index is 12.5. The molecule has 2 aliphatic rings. The van der Waals surface area contributed by atoms with Gasteiger partial charge in [-0.25, -0.2) is 0 Å². The monoisotopic (exact) mass is 371 g/mol. The number of carbonyl (C=O) groups is 3. The lowest BCUT2D eigenvalue weighted by Crippen LogP contribution is -2.51. The first-order chi connectivity index (χ1) is 11.7. The Balaban J connectivity index is 1.81. The molecule has 6 nitrogen and oxygen atoms in total. The molecule has 0 bridgehead atoms. The van der Waals surface area contributed by atoms with Crippen molar-refractivity contribution in [1.82, 2.24) is 15.1 Å². The number of carbonyl (C=O) groups excluding carboxylic acids is 3. The SMILES string of the molecule is CC(C)N1CC(C(=O)NC2CCN(C(=O)C(C)(C)CCl)CC2)CC1=O. The van der Waals surface area contributed by atoms with E-state index >= 15 is 0 Å². The lowest BCUT2D eigenvalue weighted by molar-refractivity contribution is -0.140. The van der Waals surface area contributed by atoms with Crippen LogP contribution in [0.15, 0.2) is 0 Å². The molecule has 0 aromatic rings. The van der Waals surface area contributed by atoms with Crippen LogP contribution in [-0.4, -0.2) is 65.1 Å². The van der Waals surface area contributed by atoms with Crippen LogP contribution in [0.3, 0.4) is 0 Å². The third-order valence-electron chi connectivity index (χ3n) is 5.19. The highest BCUT2D eigenvalue weighted by atomic mass is 35.5. The van der Waals surface area contributed by atoms with Gasteiger partial charge in [-0.1, -0.05) is 0 Å². The van der Waals surface area contributed by atoms with Crippen LogP contribution in [0.25, 0.3) is 0 Å². The van der Waals surface area contributed by atoms with Gasteiger partial charge >= 0.3 is 0 Å². The van der Waals surface area contributed by atoms with Crippen molar-refractivity contribution < 1.29 is 14.4 Å².